The Labute approximate surface area is 187 Å². The molecule has 1 aromatic carbocycles. The van der Waals surface area contributed by atoms with Crippen molar-refractivity contribution in [3.05, 3.63) is 29.8 Å². The minimum absolute atomic E-state index is 0. The summed E-state index contributed by atoms with van der Waals surface area (Å²) in [7, 11) is 5.86. The molecule has 7 heteroatoms. The number of methoxy groups -OCH3 is 1. The standard InChI is InChI=1S/C21H36N4O2.HI/c1-5-22-21(23-17-18-8-6-9-19(16-18)24(2)3)25-12-10-20(11-13-25)27-15-7-14-26-4;/h6,8-9,16,20H,5,7,10-15,17H2,1-4H3,(H,22,23);1H. The topological polar surface area (TPSA) is 49.3 Å². The van der Waals surface area contributed by atoms with Gasteiger partial charge in [-0.05, 0) is 43.9 Å². The predicted molar refractivity (Wildman–Crippen MR) is 128 cm³/mol. The van der Waals surface area contributed by atoms with Crippen LogP contribution in [0.3, 0.4) is 0 Å². The molecular weight excluding hydrogens is 467 g/mol. The number of aliphatic imine (C=N–C) groups is 1. The first kappa shape index (κ1) is 25.0. The molecule has 0 radical (unpaired) electrons. The number of nitrogens with one attached hydrogen (secondary N) is 1. The van der Waals surface area contributed by atoms with Crippen LogP contribution in [0.2, 0.25) is 0 Å². The highest BCUT2D eigenvalue weighted by atomic mass is 127. The van der Waals surface area contributed by atoms with Gasteiger partial charge in [0.2, 0.25) is 0 Å². The van der Waals surface area contributed by atoms with Gasteiger partial charge in [0.15, 0.2) is 5.96 Å². The molecule has 1 heterocycles. The lowest BCUT2D eigenvalue weighted by molar-refractivity contribution is 0.00990. The Morgan fingerprint density at radius 2 is 2.00 bits per heavy atom. The summed E-state index contributed by atoms with van der Waals surface area (Å²) in [6.07, 6.45) is 3.42. The Balaban J connectivity index is 0.00000392. The van der Waals surface area contributed by atoms with E-state index in [2.05, 4.69) is 60.4 Å². The molecule has 0 spiro atoms. The number of piperidine rings is 1. The molecule has 1 aliphatic heterocycles. The van der Waals surface area contributed by atoms with Crippen molar-refractivity contribution < 1.29 is 9.47 Å². The molecule has 0 aliphatic carbocycles. The number of halogens is 1. The number of benzene rings is 1. The van der Waals surface area contributed by atoms with E-state index in [0.29, 0.717) is 12.6 Å². The van der Waals surface area contributed by atoms with Crippen molar-refractivity contribution in [1.82, 2.24) is 10.2 Å². The van der Waals surface area contributed by atoms with Crippen molar-refractivity contribution in [2.45, 2.75) is 38.8 Å². The van der Waals surface area contributed by atoms with Gasteiger partial charge in [0.25, 0.3) is 0 Å². The summed E-state index contributed by atoms with van der Waals surface area (Å²) in [5, 5.41) is 3.44. The van der Waals surface area contributed by atoms with Gasteiger partial charge in [0.05, 0.1) is 12.6 Å². The fraction of sp³-hybridized carbons (Fsp3) is 0.667. The number of hydrogen-bond acceptors (Lipinski definition) is 4. The lowest BCUT2D eigenvalue weighted by atomic mass is 10.1. The van der Waals surface area contributed by atoms with Crippen LogP contribution in [0.5, 0.6) is 0 Å². The zero-order valence-electron chi connectivity index (χ0n) is 17.8. The van der Waals surface area contributed by atoms with E-state index in [4.69, 9.17) is 14.5 Å². The average molecular weight is 504 g/mol. The fourth-order valence-corrected chi connectivity index (χ4v) is 3.21. The summed E-state index contributed by atoms with van der Waals surface area (Å²) in [6.45, 7) is 7.21. The summed E-state index contributed by atoms with van der Waals surface area (Å²) < 4.78 is 11.0. The number of nitrogens with zero attached hydrogens (tertiary/aromatic N) is 3. The van der Waals surface area contributed by atoms with E-state index in [1.165, 1.54) is 11.3 Å². The molecule has 1 saturated heterocycles. The summed E-state index contributed by atoms with van der Waals surface area (Å²) in [5.41, 5.74) is 2.44. The van der Waals surface area contributed by atoms with Crippen LogP contribution in [0.4, 0.5) is 5.69 Å². The lowest BCUT2D eigenvalue weighted by Gasteiger charge is -2.34. The molecule has 1 aliphatic rings. The predicted octanol–water partition coefficient (Wildman–Crippen LogP) is 3.35. The average Bonchev–Trinajstić information content (AvgIpc) is 2.69. The molecule has 0 atom stereocenters. The SMILES string of the molecule is CCNC(=NCc1cccc(N(C)C)c1)N1CCC(OCCCOC)CC1.I. The number of anilines is 1. The summed E-state index contributed by atoms with van der Waals surface area (Å²) in [4.78, 5) is 9.35. The normalized spacial score (nSPS) is 15.3. The van der Waals surface area contributed by atoms with Gasteiger partial charge in [-0.25, -0.2) is 4.99 Å². The Kier molecular flexibility index (Phi) is 12.5. The minimum Gasteiger partial charge on any atom is -0.385 e. The van der Waals surface area contributed by atoms with Crippen LogP contribution in [0, 0.1) is 0 Å². The number of ether oxygens (including phenoxy) is 2. The van der Waals surface area contributed by atoms with Crippen molar-refractivity contribution in [3.8, 4) is 0 Å². The smallest absolute Gasteiger partial charge is 0.194 e. The molecule has 0 unspecified atom stereocenters. The van der Waals surface area contributed by atoms with Crippen molar-refractivity contribution >= 4 is 35.6 Å². The molecule has 1 fully saturated rings. The molecule has 0 amide bonds. The third-order valence-corrected chi connectivity index (χ3v) is 4.76. The quantitative estimate of drug-likeness (QED) is 0.242. The van der Waals surface area contributed by atoms with Gasteiger partial charge in [-0.1, -0.05) is 12.1 Å². The zero-order valence-corrected chi connectivity index (χ0v) is 20.1. The molecule has 28 heavy (non-hydrogen) atoms. The first-order chi connectivity index (χ1) is 13.1. The summed E-state index contributed by atoms with van der Waals surface area (Å²) in [5.74, 6) is 1.01. The van der Waals surface area contributed by atoms with Crippen LogP contribution in [0.15, 0.2) is 29.3 Å². The van der Waals surface area contributed by atoms with Crippen LogP contribution in [0.1, 0.15) is 31.7 Å². The Bertz CT molecular complexity index is 575. The molecular formula is C21H37IN4O2. The molecule has 2 rings (SSSR count). The Morgan fingerprint density at radius 1 is 1.25 bits per heavy atom. The van der Waals surface area contributed by atoms with E-state index < -0.39 is 0 Å². The van der Waals surface area contributed by atoms with E-state index in [0.717, 1.165) is 58.1 Å². The number of likely N-dealkylation sites (tertiary alicyclic amines) is 1. The van der Waals surface area contributed by atoms with Gasteiger partial charge in [0.1, 0.15) is 0 Å². The van der Waals surface area contributed by atoms with Gasteiger partial charge in [-0.15, -0.1) is 24.0 Å². The molecule has 0 aromatic heterocycles. The van der Waals surface area contributed by atoms with Crippen molar-refractivity contribution in [2.75, 3.05) is 59.0 Å². The van der Waals surface area contributed by atoms with E-state index >= 15 is 0 Å². The molecule has 0 saturated carbocycles. The van der Waals surface area contributed by atoms with Gasteiger partial charge in [-0.3, -0.25) is 0 Å². The molecule has 1 aromatic rings. The van der Waals surface area contributed by atoms with Crippen LogP contribution >= 0.6 is 24.0 Å². The second-order valence-corrected chi connectivity index (χ2v) is 7.14. The lowest BCUT2D eigenvalue weighted by Crippen LogP contribution is -2.47. The minimum atomic E-state index is 0. The first-order valence-electron chi connectivity index (χ1n) is 10.0. The van der Waals surface area contributed by atoms with E-state index in [-0.39, 0.29) is 24.0 Å². The highest BCUT2D eigenvalue weighted by Gasteiger charge is 2.21. The molecule has 160 valence electrons. The zero-order chi connectivity index (χ0) is 19.5. The Morgan fingerprint density at radius 3 is 2.64 bits per heavy atom. The highest BCUT2D eigenvalue weighted by Crippen LogP contribution is 2.16. The highest BCUT2D eigenvalue weighted by molar-refractivity contribution is 14.0. The van der Waals surface area contributed by atoms with Gasteiger partial charge < -0.3 is 24.6 Å². The maximum atomic E-state index is 5.97. The van der Waals surface area contributed by atoms with E-state index in [9.17, 15) is 0 Å². The Hall–Kier alpha value is -1.06. The monoisotopic (exact) mass is 504 g/mol. The van der Waals surface area contributed by atoms with Crippen LogP contribution < -0.4 is 10.2 Å². The van der Waals surface area contributed by atoms with Gasteiger partial charge in [0, 0.05) is 59.7 Å². The maximum absolute atomic E-state index is 5.97. The maximum Gasteiger partial charge on any atom is 0.194 e. The van der Waals surface area contributed by atoms with E-state index in [1.54, 1.807) is 7.11 Å². The molecule has 0 bridgehead atoms. The molecule has 1 N–H and O–H groups in total. The summed E-state index contributed by atoms with van der Waals surface area (Å²) >= 11 is 0. The summed E-state index contributed by atoms with van der Waals surface area (Å²) in [6, 6.07) is 8.56. The van der Waals surface area contributed by atoms with Crippen LogP contribution in [-0.4, -0.2) is 71.0 Å². The number of rotatable bonds is 9. The van der Waals surface area contributed by atoms with Crippen molar-refractivity contribution in [3.63, 3.8) is 0 Å². The number of hydrogen-bond donors (Lipinski definition) is 1. The fourth-order valence-electron chi connectivity index (χ4n) is 3.21. The van der Waals surface area contributed by atoms with Gasteiger partial charge >= 0.3 is 0 Å². The van der Waals surface area contributed by atoms with Crippen LogP contribution in [0.25, 0.3) is 0 Å². The third-order valence-electron chi connectivity index (χ3n) is 4.76. The third kappa shape index (κ3) is 8.53. The van der Waals surface area contributed by atoms with E-state index in [1.807, 2.05) is 0 Å². The van der Waals surface area contributed by atoms with Crippen molar-refractivity contribution in [2.24, 2.45) is 4.99 Å². The first-order valence-corrected chi connectivity index (χ1v) is 10.0. The second-order valence-electron chi connectivity index (χ2n) is 7.14. The van der Waals surface area contributed by atoms with Crippen LogP contribution in [-0.2, 0) is 16.0 Å². The largest absolute Gasteiger partial charge is 0.385 e. The van der Waals surface area contributed by atoms with Gasteiger partial charge in [-0.2, -0.15) is 0 Å². The molecule has 6 nitrogen and oxygen atoms in total. The van der Waals surface area contributed by atoms with Crippen molar-refractivity contribution in [1.29, 1.82) is 0 Å². The second kappa shape index (κ2) is 14.0. The number of guanidine groups is 1.